The van der Waals surface area contributed by atoms with Crippen LogP contribution in [0.2, 0.25) is 0 Å². The molecule has 0 aromatic rings. The van der Waals surface area contributed by atoms with Crippen molar-refractivity contribution in [1.82, 2.24) is 6.15 Å². The molecule has 0 saturated carbocycles. The Hall–Kier alpha value is 1.40. The van der Waals surface area contributed by atoms with E-state index in [1.54, 1.807) is 0 Å². The predicted octanol–water partition coefficient (Wildman–Crippen LogP) is 0.369. The van der Waals surface area contributed by atoms with Crippen LogP contribution in [0.15, 0.2) is 0 Å². The molecule has 0 saturated heterocycles. The number of hydrogen-bond donors (Lipinski definition) is 1. The van der Waals surface area contributed by atoms with Gasteiger partial charge < -0.3 is 33.1 Å². The predicted molar refractivity (Wildman–Crippen MR) is 20.7 cm³/mol. The Morgan fingerprint density at radius 3 is 0.750 bits per heavy atom. The first-order chi connectivity index (χ1) is 0. The zero-order valence-electron chi connectivity index (χ0n) is 2.12. The van der Waals surface area contributed by atoms with E-state index in [0.29, 0.717) is 0 Å². The van der Waals surface area contributed by atoms with E-state index in [1.165, 1.54) is 0 Å². The minimum absolute atomic E-state index is 0. The molecular weight excluding hydrogens is 275 g/mol. The largest absolute Gasteiger partial charge is 3.00 e. The second-order valence-electron chi connectivity index (χ2n) is 0. The summed E-state index contributed by atoms with van der Waals surface area (Å²) < 4.78 is 0. The molecule has 0 amide bonds. The van der Waals surface area contributed by atoms with Crippen LogP contribution in [0.5, 0.6) is 0 Å². The average Bonchev–Trinajstić information content (AvgIpc) is 0. The van der Waals surface area contributed by atoms with Gasteiger partial charge in [-0.05, 0) is 0 Å². The van der Waals surface area contributed by atoms with Crippen molar-refractivity contribution >= 4 is 27.0 Å². The molecule has 0 atom stereocenters. The van der Waals surface area contributed by atoms with Gasteiger partial charge in [0, 0.05) is 0 Å². The second-order valence-corrected chi connectivity index (χ2v) is 0. The van der Waals surface area contributed by atoms with Crippen molar-refractivity contribution in [2.24, 2.45) is 0 Å². The summed E-state index contributed by atoms with van der Waals surface area (Å²) in [5, 5.41) is 0. The van der Waals surface area contributed by atoms with E-state index in [1.807, 2.05) is 0 Å². The Bertz CT molecular complexity index is 6.00. The molecule has 0 aliphatic carbocycles. The van der Waals surface area contributed by atoms with Gasteiger partial charge in [-0.2, -0.15) is 0 Å². The molecular formula is H4AuNS2. The molecule has 0 spiro atoms. The van der Waals surface area contributed by atoms with Gasteiger partial charge in [-0.25, -0.2) is 0 Å². The Morgan fingerprint density at radius 2 is 0.750 bits per heavy atom. The standard InChI is InChI=1S/Au.H3N.2S/h;1H3;;/q+3;;2*-2/p+1. The maximum atomic E-state index is 0. The third-order valence-corrected chi connectivity index (χ3v) is 0. The van der Waals surface area contributed by atoms with E-state index in [4.69, 9.17) is 0 Å². The van der Waals surface area contributed by atoms with Gasteiger partial charge in [0.05, 0.1) is 0 Å². The van der Waals surface area contributed by atoms with Crippen LogP contribution in [0.3, 0.4) is 0 Å². The zero-order chi connectivity index (χ0) is 0. The number of rotatable bonds is 0. The maximum Gasteiger partial charge on any atom is 3.00 e. The molecule has 0 aliphatic rings. The first-order valence-electron chi connectivity index (χ1n) is 0. The van der Waals surface area contributed by atoms with Crippen molar-refractivity contribution in [3.05, 3.63) is 0 Å². The van der Waals surface area contributed by atoms with Gasteiger partial charge >= 0.3 is 22.4 Å². The fourth-order valence-corrected chi connectivity index (χ4v) is 0. The Kier molecular flexibility index (Phi) is 346. The Labute approximate surface area is 55.5 Å². The SMILES string of the molecule is [Au+3].[NH4+].[S-2].[S-2]. The minimum atomic E-state index is 0. The van der Waals surface area contributed by atoms with Gasteiger partial charge in [-0.3, -0.25) is 0 Å². The molecule has 0 unspecified atom stereocenters. The fraction of sp³-hybridized carbons (Fsp3) is 0. The van der Waals surface area contributed by atoms with Crippen molar-refractivity contribution in [2.75, 3.05) is 0 Å². The zero-order valence-corrected chi connectivity index (χ0v) is 5.92. The van der Waals surface area contributed by atoms with Gasteiger partial charge in [0.25, 0.3) is 0 Å². The molecule has 0 radical (unpaired) electrons. The molecule has 0 heterocycles. The van der Waals surface area contributed by atoms with Crippen LogP contribution in [0.25, 0.3) is 0 Å². The first-order valence-corrected chi connectivity index (χ1v) is 0. The maximum absolute atomic E-state index is 0. The van der Waals surface area contributed by atoms with E-state index in [2.05, 4.69) is 0 Å². The van der Waals surface area contributed by atoms with Crippen LogP contribution < -0.4 is 6.15 Å². The molecule has 0 aliphatic heterocycles. The molecule has 4 N–H and O–H groups in total. The summed E-state index contributed by atoms with van der Waals surface area (Å²) in [7, 11) is 0. The minimum Gasteiger partial charge on any atom is -2.00 e. The third-order valence-electron chi connectivity index (χ3n) is 0. The Morgan fingerprint density at radius 1 is 0.750 bits per heavy atom. The molecule has 4 heteroatoms. The van der Waals surface area contributed by atoms with Crippen LogP contribution in [-0.4, -0.2) is 0 Å². The summed E-state index contributed by atoms with van der Waals surface area (Å²) in [5.74, 6) is 0. The summed E-state index contributed by atoms with van der Waals surface area (Å²) >= 11 is 0. The molecule has 4 heavy (non-hydrogen) atoms. The summed E-state index contributed by atoms with van der Waals surface area (Å²) in [4.78, 5) is 0. The van der Waals surface area contributed by atoms with E-state index in [9.17, 15) is 0 Å². The molecule has 1 nitrogen and oxygen atoms in total. The molecule has 0 fully saturated rings. The van der Waals surface area contributed by atoms with Crippen LogP contribution in [-0.2, 0) is 49.4 Å². The topological polar surface area (TPSA) is 36.5 Å². The van der Waals surface area contributed by atoms with Crippen molar-refractivity contribution in [3.63, 3.8) is 0 Å². The van der Waals surface area contributed by atoms with Crippen LogP contribution >= 0.6 is 0 Å². The van der Waals surface area contributed by atoms with Crippen molar-refractivity contribution < 1.29 is 22.4 Å². The third kappa shape index (κ3) is 9.99. The molecule has 0 rings (SSSR count). The van der Waals surface area contributed by atoms with E-state index < -0.39 is 0 Å². The first kappa shape index (κ1) is 53.3. The molecule has 32 valence electrons. The normalized spacial score (nSPS) is 0. The monoisotopic (exact) mass is 279 g/mol. The van der Waals surface area contributed by atoms with Crippen molar-refractivity contribution in [2.45, 2.75) is 0 Å². The van der Waals surface area contributed by atoms with E-state index in [-0.39, 0.29) is 55.5 Å². The van der Waals surface area contributed by atoms with Crippen molar-refractivity contribution in [1.29, 1.82) is 0 Å². The van der Waals surface area contributed by atoms with Gasteiger partial charge in [-0.1, -0.05) is 0 Å². The number of hydrogen-bond acceptors (Lipinski definition) is 0. The molecule has 0 bridgehead atoms. The summed E-state index contributed by atoms with van der Waals surface area (Å²) in [6.07, 6.45) is 0. The van der Waals surface area contributed by atoms with Crippen LogP contribution in [0.4, 0.5) is 0 Å². The van der Waals surface area contributed by atoms with E-state index in [0.717, 1.165) is 0 Å². The van der Waals surface area contributed by atoms with Crippen LogP contribution in [0, 0.1) is 0 Å². The summed E-state index contributed by atoms with van der Waals surface area (Å²) in [5.41, 5.74) is 0. The van der Waals surface area contributed by atoms with Gasteiger partial charge in [-0.15, -0.1) is 0 Å². The summed E-state index contributed by atoms with van der Waals surface area (Å²) in [6.45, 7) is 0. The summed E-state index contributed by atoms with van der Waals surface area (Å²) in [6, 6.07) is 0. The Balaban J connectivity index is 0. The van der Waals surface area contributed by atoms with E-state index >= 15 is 0 Å². The van der Waals surface area contributed by atoms with Gasteiger partial charge in [0.1, 0.15) is 0 Å². The van der Waals surface area contributed by atoms with Gasteiger partial charge in [0.2, 0.25) is 0 Å². The average molecular weight is 279 g/mol. The number of quaternary nitrogens is 1. The smallest absolute Gasteiger partial charge is 2.00 e. The van der Waals surface area contributed by atoms with Crippen molar-refractivity contribution in [3.8, 4) is 0 Å². The fourth-order valence-electron chi connectivity index (χ4n) is 0. The quantitative estimate of drug-likeness (QED) is 0.622. The van der Waals surface area contributed by atoms with Crippen LogP contribution in [0.1, 0.15) is 0 Å². The van der Waals surface area contributed by atoms with Gasteiger partial charge in [0.15, 0.2) is 0 Å². The molecule has 0 aromatic carbocycles. The molecule has 0 aromatic heterocycles. The second kappa shape index (κ2) is 25.9.